The van der Waals surface area contributed by atoms with Crippen LogP contribution in [-0.2, 0) is 10.5 Å². The van der Waals surface area contributed by atoms with E-state index in [0.717, 1.165) is 11.3 Å². The lowest BCUT2D eigenvalue weighted by Crippen LogP contribution is -2.40. The summed E-state index contributed by atoms with van der Waals surface area (Å²) in [6.45, 7) is 3.99. The Bertz CT molecular complexity index is 1020. The third kappa shape index (κ3) is 3.63. The fourth-order valence-electron chi connectivity index (χ4n) is 3.24. The second kappa shape index (κ2) is 7.69. The van der Waals surface area contributed by atoms with Crippen LogP contribution in [0.1, 0.15) is 17.2 Å². The van der Waals surface area contributed by atoms with Crippen molar-refractivity contribution in [1.82, 2.24) is 14.8 Å². The van der Waals surface area contributed by atoms with Crippen molar-refractivity contribution in [1.29, 1.82) is 0 Å². The first-order valence-corrected chi connectivity index (χ1v) is 10.0. The van der Waals surface area contributed by atoms with Crippen LogP contribution in [0.15, 0.2) is 72.0 Å². The van der Waals surface area contributed by atoms with E-state index in [4.69, 9.17) is 17.3 Å². The van der Waals surface area contributed by atoms with Gasteiger partial charge in [-0.15, -0.1) is 5.10 Å². The van der Waals surface area contributed by atoms with E-state index < -0.39 is 17.9 Å². The van der Waals surface area contributed by atoms with Gasteiger partial charge in [0.15, 0.2) is 0 Å². The van der Waals surface area contributed by atoms with Gasteiger partial charge in [-0.05, 0) is 23.3 Å². The van der Waals surface area contributed by atoms with Crippen molar-refractivity contribution >= 4 is 35.2 Å². The second-order valence-electron chi connectivity index (χ2n) is 6.46. The number of fused-ring (bicyclic) bond motifs is 1. The van der Waals surface area contributed by atoms with Crippen molar-refractivity contribution in [3.05, 3.63) is 83.0 Å². The topological polar surface area (TPSA) is 85.8 Å². The highest BCUT2D eigenvalue weighted by Gasteiger charge is 2.39. The summed E-state index contributed by atoms with van der Waals surface area (Å²) in [6.07, 6.45) is 0. The Balaban J connectivity index is 1.69. The highest BCUT2D eigenvalue weighted by atomic mass is 35.5. The lowest BCUT2D eigenvalue weighted by molar-refractivity contribution is -0.121. The predicted octanol–water partition coefficient (Wildman–Crippen LogP) is 3.85. The lowest BCUT2D eigenvalue weighted by Gasteiger charge is -2.32. The van der Waals surface area contributed by atoms with E-state index in [9.17, 15) is 4.79 Å². The molecule has 1 amide bonds. The smallest absolute Gasteiger partial charge is 0.229 e. The summed E-state index contributed by atoms with van der Waals surface area (Å²) in [7, 11) is 0. The molecule has 28 heavy (non-hydrogen) atoms. The van der Waals surface area contributed by atoms with E-state index in [1.54, 1.807) is 16.8 Å². The molecule has 3 N–H and O–H groups in total. The van der Waals surface area contributed by atoms with E-state index in [0.29, 0.717) is 21.8 Å². The number of benzene rings is 2. The van der Waals surface area contributed by atoms with Crippen LogP contribution >= 0.6 is 23.4 Å². The Labute approximate surface area is 171 Å². The average molecular weight is 412 g/mol. The number of anilines is 1. The van der Waals surface area contributed by atoms with E-state index in [1.165, 1.54) is 17.3 Å². The van der Waals surface area contributed by atoms with Gasteiger partial charge in [-0.25, -0.2) is 4.68 Å². The van der Waals surface area contributed by atoms with Crippen molar-refractivity contribution in [2.75, 3.05) is 5.32 Å². The third-order valence-electron chi connectivity index (χ3n) is 4.57. The number of halogens is 1. The highest BCUT2D eigenvalue weighted by molar-refractivity contribution is 7.98. The van der Waals surface area contributed by atoms with E-state index in [2.05, 4.69) is 34.1 Å². The Kier molecular flexibility index (Phi) is 5.11. The van der Waals surface area contributed by atoms with Crippen LogP contribution in [0.5, 0.6) is 0 Å². The number of aromatic nitrogens is 3. The predicted molar refractivity (Wildman–Crippen MR) is 111 cm³/mol. The molecule has 6 nitrogen and oxygen atoms in total. The normalized spacial score (nSPS) is 18.4. The summed E-state index contributed by atoms with van der Waals surface area (Å²) in [5.41, 5.74) is 8.23. The molecule has 0 saturated carbocycles. The second-order valence-corrected chi connectivity index (χ2v) is 7.84. The number of carbonyl (C=O) groups is 1. The van der Waals surface area contributed by atoms with Gasteiger partial charge >= 0.3 is 0 Å². The molecular weight excluding hydrogens is 394 g/mol. The average Bonchev–Trinajstić information content (AvgIpc) is 3.09. The van der Waals surface area contributed by atoms with Crippen LogP contribution in [-0.4, -0.2) is 20.7 Å². The van der Waals surface area contributed by atoms with Crippen LogP contribution in [0.2, 0.25) is 5.02 Å². The molecule has 0 bridgehead atoms. The number of nitrogens with two attached hydrogens (primary N) is 1. The first-order chi connectivity index (χ1) is 13.5. The maximum atomic E-state index is 12.2. The monoisotopic (exact) mass is 411 g/mol. The summed E-state index contributed by atoms with van der Waals surface area (Å²) in [5, 5.41) is 8.94. The number of thioether (sulfide) groups is 1. The van der Waals surface area contributed by atoms with Crippen LogP contribution in [0, 0.1) is 5.92 Å². The number of carbonyl (C=O) groups excluding carboxylic acids is 1. The molecule has 0 fully saturated rings. The van der Waals surface area contributed by atoms with Gasteiger partial charge < -0.3 is 11.1 Å². The summed E-state index contributed by atoms with van der Waals surface area (Å²) in [6, 6.07) is 17.0. The first-order valence-electron chi connectivity index (χ1n) is 8.67. The zero-order valence-electron chi connectivity index (χ0n) is 14.9. The third-order valence-corrected chi connectivity index (χ3v) is 5.73. The molecule has 0 unspecified atom stereocenters. The minimum Gasteiger partial charge on any atom is -0.369 e. The molecule has 2 aromatic carbocycles. The van der Waals surface area contributed by atoms with E-state index in [1.807, 2.05) is 30.3 Å². The maximum Gasteiger partial charge on any atom is 0.229 e. The SMILES string of the molecule is C=C1Nc2nc(SCc3ccccc3)nn2[C@H](c2ccc(Cl)cc2)[C@H]1C(N)=O. The number of hydrogen-bond acceptors (Lipinski definition) is 5. The molecule has 4 rings (SSSR count). The molecule has 3 aromatic rings. The largest absolute Gasteiger partial charge is 0.369 e. The fourth-order valence-corrected chi connectivity index (χ4v) is 4.15. The molecule has 2 heterocycles. The summed E-state index contributed by atoms with van der Waals surface area (Å²) < 4.78 is 1.71. The van der Waals surface area contributed by atoms with Gasteiger partial charge in [-0.1, -0.05) is 72.4 Å². The molecule has 142 valence electrons. The minimum absolute atomic E-state index is 0.433. The molecule has 8 heteroatoms. The summed E-state index contributed by atoms with van der Waals surface area (Å²) >= 11 is 7.55. The number of nitrogens with zero attached hydrogens (tertiary/aromatic N) is 3. The van der Waals surface area contributed by atoms with Gasteiger partial charge in [0.05, 0.1) is 6.04 Å². The summed E-state index contributed by atoms with van der Waals surface area (Å²) in [5.74, 6) is 0.160. The quantitative estimate of drug-likeness (QED) is 0.623. The molecule has 0 saturated heterocycles. The van der Waals surface area contributed by atoms with Crippen molar-refractivity contribution in [3.63, 3.8) is 0 Å². The Morgan fingerprint density at radius 3 is 2.61 bits per heavy atom. The number of hydrogen-bond donors (Lipinski definition) is 2. The van der Waals surface area contributed by atoms with Gasteiger partial charge in [0.25, 0.3) is 0 Å². The Morgan fingerprint density at radius 2 is 1.93 bits per heavy atom. The number of amides is 1. The molecule has 1 aromatic heterocycles. The number of primary amides is 1. The summed E-state index contributed by atoms with van der Waals surface area (Å²) in [4.78, 5) is 16.7. The molecule has 2 atom stereocenters. The van der Waals surface area contributed by atoms with Crippen LogP contribution in [0.25, 0.3) is 0 Å². The molecular formula is C20H18ClN5OS. The van der Waals surface area contributed by atoms with Gasteiger partial charge in [-0.2, -0.15) is 4.98 Å². The van der Waals surface area contributed by atoms with Crippen LogP contribution < -0.4 is 11.1 Å². The zero-order valence-corrected chi connectivity index (χ0v) is 16.5. The molecule has 1 aliphatic rings. The maximum absolute atomic E-state index is 12.2. The Hall–Kier alpha value is -2.77. The fraction of sp³-hybridized carbons (Fsp3) is 0.150. The standard InChI is InChI=1S/C20H18ClN5OS/c1-12-16(18(22)27)17(14-7-9-15(21)10-8-14)26-19(23-12)24-20(25-26)28-11-13-5-3-2-4-6-13/h2-10,16-17H,1,11H2,(H2,22,27)(H,23,24,25)/t16-,17+/m0/s1. The molecule has 1 aliphatic heterocycles. The van der Waals surface area contributed by atoms with E-state index >= 15 is 0 Å². The van der Waals surface area contributed by atoms with Crippen LogP contribution in [0.4, 0.5) is 5.95 Å². The van der Waals surface area contributed by atoms with Crippen LogP contribution in [0.3, 0.4) is 0 Å². The molecule has 0 spiro atoms. The molecule has 0 aliphatic carbocycles. The number of rotatable bonds is 5. The molecule has 0 radical (unpaired) electrons. The highest BCUT2D eigenvalue weighted by Crippen LogP contribution is 2.38. The van der Waals surface area contributed by atoms with Crippen molar-refractivity contribution < 1.29 is 4.79 Å². The van der Waals surface area contributed by atoms with E-state index in [-0.39, 0.29) is 0 Å². The van der Waals surface area contributed by atoms with Gasteiger partial charge in [0.1, 0.15) is 5.92 Å². The van der Waals surface area contributed by atoms with Gasteiger partial charge in [-0.3, -0.25) is 4.79 Å². The van der Waals surface area contributed by atoms with Crippen molar-refractivity contribution in [3.8, 4) is 0 Å². The first kappa shape index (κ1) is 18.6. The lowest BCUT2D eigenvalue weighted by atomic mass is 9.89. The Morgan fingerprint density at radius 1 is 1.21 bits per heavy atom. The van der Waals surface area contributed by atoms with Gasteiger partial charge in [0.2, 0.25) is 17.0 Å². The minimum atomic E-state index is -0.651. The van der Waals surface area contributed by atoms with Crippen molar-refractivity contribution in [2.45, 2.75) is 17.0 Å². The number of nitrogens with one attached hydrogen (secondary N) is 1. The zero-order chi connectivity index (χ0) is 19.7. The van der Waals surface area contributed by atoms with Gasteiger partial charge in [0, 0.05) is 16.5 Å². The van der Waals surface area contributed by atoms with Crippen molar-refractivity contribution in [2.24, 2.45) is 11.7 Å².